The lowest BCUT2D eigenvalue weighted by molar-refractivity contribution is 0.201. The molecule has 0 aliphatic carbocycles. The molecule has 0 bridgehead atoms. The van der Waals surface area contributed by atoms with Gasteiger partial charge in [0, 0.05) is 23.4 Å². The molecule has 0 unspecified atom stereocenters. The summed E-state index contributed by atoms with van der Waals surface area (Å²) >= 11 is 1.78. The first-order chi connectivity index (χ1) is 7.95. The van der Waals surface area contributed by atoms with Gasteiger partial charge in [-0.2, -0.15) is 0 Å². The van der Waals surface area contributed by atoms with E-state index in [4.69, 9.17) is 10.7 Å². The first kappa shape index (κ1) is 13.0. The second kappa shape index (κ2) is 5.04. The Morgan fingerprint density at radius 3 is 2.88 bits per heavy atom. The fraction of sp³-hybridized carbons (Fsp3) is 0.769. The molecule has 0 radical (unpaired) electrons. The van der Waals surface area contributed by atoms with Gasteiger partial charge in [0.15, 0.2) is 0 Å². The average molecular weight is 253 g/mol. The Morgan fingerprint density at radius 2 is 2.29 bits per heavy atom. The molecule has 0 aromatic carbocycles. The van der Waals surface area contributed by atoms with Crippen LogP contribution in [0.25, 0.3) is 0 Å². The van der Waals surface area contributed by atoms with Gasteiger partial charge in [-0.25, -0.2) is 4.98 Å². The summed E-state index contributed by atoms with van der Waals surface area (Å²) in [6.07, 6.45) is 2.39. The molecule has 1 aromatic rings. The molecular weight excluding hydrogens is 230 g/mol. The number of thiazole rings is 1. The van der Waals surface area contributed by atoms with Crippen LogP contribution in [0.3, 0.4) is 0 Å². The van der Waals surface area contributed by atoms with Crippen molar-refractivity contribution in [2.45, 2.75) is 51.6 Å². The van der Waals surface area contributed by atoms with Crippen molar-refractivity contribution >= 4 is 11.3 Å². The molecule has 2 N–H and O–H groups in total. The Labute approximate surface area is 108 Å². The molecule has 17 heavy (non-hydrogen) atoms. The maximum atomic E-state index is 5.99. The van der Waals surface area contributed by atoms with E-state index in [1.807, 2.05) is 0 Å². The van der Waals surface area contributed by atoms with Crippen LogP contribution in [-0.4, -0.2) is 29.0 Å². The predicted molar refractivity (Wildman–Crippen MR) is 73.3 cm³/mol. The number of hydrogen-bond acceptors (Lipinski definition) is 4. The number of nitrogens with zero attached hydrogens (tertiary/aromatic N) is 2. The summed E-state index contributed by atoms with van der Waals surface area (Å²) in [5, 5.41) is 3.42. The van der Waals surface area contributed by atoms with Crippen LogP contribution in [-0.2, 0) is 12.0 Å². The zero-order chi connectivity index (χ0) is 12.5. The van der Waals surface area contributed by atoms with E-state index < -0.39 is 0 Å². The van der Waals surface area contributed by atoms with Gasteiger partial charge in [-0.3, -0.25) is 4.90 Å². The van der Waals surface area contributed by atoms with Crippen LogP contribution in [0.5, 0.6) is 0 Å². The largest absolute Gasteiger partial charge is 0.327 e. The zero-order valence-electron chi connectivity index (χ0n) is 11.1. The molecule has 0 amide bonds. The standard InChI is InChI=1S/C13H23N3S/c1-13(2,3)11-9-17-12(15-11)8-16-6-4-5-10(14)7-16/h9-10H,4-8,14H2,1-3H3/t10-/m1/s1. The summed E-state index contributed by atoms with van der Waals surface area (Å²) in [6.45, 7) is 9.78. The van der Waals surface area contributed by atoms with Crippen LogP contribution in [0.2, 0.25) is 0 Å². The molecule has 2 heterocycles. The number of likely N-dealkylation sites (tertiary alicyclic amines) is 1. The smallest absolute Gasteiger partial charge is 0.107 e. The minimum Gasteiger partial charge on any atom is -0.327 e. The van der Waals surface area contributed by atoms with Gasteiger partial charge < -0.3 is 5.73 Å². The highest BCUT2D eigenvalue weighted by Crippen LogP contribution is 2.25. The lowest BCUT2D eigenvalue weighted by atomic mass is 9.93. The molecule has 1 aliphatic rings. The third-order valence-electron chi connectivity index (χ3n) is 3.22. The van der Waals surface area contributed by atoms with Crippen molar-refractivity contribution in [3.05, 3.63) is 16.1 Å². The van der Waals surface area contributed by atoms with Crippen LogP contribution >= 0.6 is 11.3 Å². The molecular formula is C13H23N3S. The molecule has 96 valence electrons. The van der Waals surface area contributed by atoms with Gasteiger partial charge in [-0.05, 0) is 19.4 Å². The first-order valence-electron chi connectivity index (χ1n) is 6.38. The van der Waals surface area contributed by atoms with E-state index >= 15 is 0 Å². The maximum Gasteiger partial charge on any atom is 0.107 e. The average Bonchev–Trinajstić information content (AvgIpc) is 2.65. The van der Waals surface area contributed by atoms with Gasteiger partial charge in [0.25, 0.3) is 0 Å². The SMILES string of the molecule is CC(C)(C)c1csc(CN2CCC[C@@H](N)C2)n1. The van der Waals surface area contributed by atoms with Gasteiger partial charge in [0.2, 0.25) is 0 Å². The molecule has 1 saturated heterocycles. The van der Waals surface area contributed by atoms with Gasteiger partial charge in [0.1, 0.15) is 5.01 Å². The molecule has 1 aliphatic heterocycles. The summed E-state index contributed by atoms with van der Waals surface area (Å²) < 4.78 is 0. The van der Waals surface area contributed by atoms with Gasteiger partial charge in [0.05, 0.1) is 12.2 Å². The van der Waals surface area contributed by atoms with Crippen molar-refractivity contribution in [3.8, 4) is 0 Å². The number of hydrogen-bond donors (Lipinski definition) is 1. The maximum absolute atomic E-state index is 5.99. The summed E-state index contributed by atoms with van der Waals surface area (Å²) in [6, 6.07) is 0.353. The van der Waals surface area contributed by atoms with E-state index in [0.29, 0.717) is 6.04 Å². The number of nitrogens with two attached hydrogens (primary N) is 1. The van der Waals surface area contributed by atoms with Crippen molar-refractivity contribution < 1.29 is 0 Å². The minimum atomic E-state index is 0.160. The fourth-order valence-electron chi connectivity index (χ4n) is 2.15. The normalized spacial score (nSPS) is 22.9. The number of aromatic nitrogens is 1. The Bertz CT molecular complexity index is 367. The Hall–Kier alpha value is -0.450. The summed E-state index contributed by atoms with van der Waals surface area (Å²) in [5.41, 5.74) is 7.36. The molecule has 4 heteroatoms. The van der Waals surface area contributed by atoms with E-state index in [0.717, 1.165) is 19.6 Å². The summed E-state index contributed by atoms with van der Waals surface area (Å²) in [7, 11) is 0. The molecule has 0 saturated carbocycles. The van der Waals surface area contributed by atoms with E-state index in [2.05, 4.69) is 31.1 Å². The van der Waals surface area contributed by atoms with Gasteiger partial charge in [-0.15, -0.1) is 11.3 Å². The van der Waals surface area contributed by atoms with Crippen molar-refractivity contribution in [2.24, 2.45) is 5.73 Å². The van der Waals surface area contributed by atoms with Crippen molar-refractivity contribution in [2.75, 3.05) is 13.1 Å². The lowest BCUT2D eigenvalue weighted by Gasteiger charge is -2.29. The second-order valence-electron chi connectivity index (χ2n) is 6.01. The van der Waals surface area contributed by atoms with Crippen LogP contribution in [0.4, 0.5) is 0 Å². The van der Waals surface area contributed by atoms with E-state index in [-0.39, 0.29) is 5.41 Å². The van der Waals surface area contributed by atoms with Crippen LogP contribution in [0.1, 0.15) is 44.3 Å². The fourth-order valence-corrected chi connectivity index (χ4v) is 3.22. The van der Waals surface area contributed by atoms with Crippen LogP contribution in [0, 0.1) is 0 Å². The van der Waals surface area contributed by atoms with E-state index in [1.165, 1.54) is 23.5 Å². The monoisotopic (exact) mass is 253 g/mol. The highest BCUT2D eigenvalue weighted by Gasteiger charge is 2.20. The van der Waals surface area contributed by atoms with Crippen LogP contribution < -0.4 is 5.73 Å². The van der Waals surface area contributed by atoms with Crippen molar-refractivity contribution in [1.82, 2.24) is 9.88 Å². The highest BCUT2D eigenvalue weighted by molar-refractivity contribution is 7.09. The number of piperidine rings is 1. The second-order valence-corrected chi connectivity index (χ2v) is 6.96. The summed E-state index contributed by atoms with van der Waals surface area (Å²) in [4.78, 5) is 7.17. The quantitative estimate of drug-likeness (QED) is 0.880. The molecule has 2 rings (SSSR count). The first-order valence-corrected chi connectivity index (χ1v) is 7.26. The third-order valence-corrected chi connectivity index (χ3v) is 4.05. The topological polar surface area (TPSA) is 42.1 Å². The zero-order valence-corrected chi connectivity index (χ0v) is 11.9. The van der Waals surface area contributed by atoms with Crippen LogP contribution in [0.15, 0.2) is 5.38 Å². The third kappa shape index (κ3) is 3.50. The highest BCUT2D eigenvalue weighted by atomic mass is 32.1. The molecule has 1 fully saturated rings. The van der Waals surface area contributed by atoms with E-state index in [9.17, 15) is 0 Å². The Balaban J connectivity index is 1.97. The lowest BCUT2D eigenvalue weighted by Crippen LogP contribution is -2.42. The molecule has 0 spiro atoms. The minimum absolute atomic E-state index is 0.160. The van der Waals surface area contributed by atoms with Crippen molar-refractivity contribution in [1.29, 1.82) is 0 Å². The molecule has 1 atom stereocenters. The summed E-state index contributed by atoms with van der Waals surface area (Å²) in [5.74, 6) is 0. The van der Waals surface area contributed by atoms with E-state index in [1.54, 1.807) is 11.3 Å². The number of rotatable bonds is 2. The van der Waals surface area contributed by atoms with Gasteiger partial charge >= 0.3 is 0 Å². The molecule has 3 nitrogen and oxygen atoms in total. The Morgan fingerprint density at radius 1 is 1.53 bits per heavy atom. The Kier molecular flexibility index (Phi) is 3.85. The van der Waals surface area contributed by atoms with Crippen molar-refractivity contribution in [3.63, 3.8) is 0 Å². The molecule has 1 aromatic heterocycles. The predicted octanol–water partition coefficient (Wildman–Crippen LogP) is 2.36. The van der Waals surface area contributed by atoms with Gasteiger partial charge in [-0.1, -0.05) is 20.8 Å².